The van der Waals surface area contributed by atoms with Crippen molar-refractivity contribution in [2.75, 3.05) is 0 Å². The number of hydrogen-bond acceptors (Lipinski definition) is 3. The Morgan fingerprint density at radius 1 is 1.15 bits per heavy atom. The molecular formula is C17H26N2O. The molecule has 20 heavy (non-hydrogen) atoms. The molecule has 3 N–H and O–H groups in total. The van der Waals surface area contributed by atoms with Crippen molar-refractivity contribution in [2.24, 2.45) is 17.7 Å². The van der Waals surface area contributed by atoms with Gasteiger partial charge in [-0.3, -0.25) is 11.3 Å². The van der Waals surface area contributed by atoms with Gasteiger partial charge in [0.1, 0.15) is 5.75 Å². The summed E-state index contributed by atoms with van der Waals surface area (Å²) < 4.78 is 5.90. The van der Waals surface area contributed by atoms with Crippen molar-refractivity contribution >= 4 is 0 Å². The van der Waals surface area contributed by atoms with Crippen LogP contribution in [0.2, 0.25) is 0 Å². The first-order valence-corrected chi connectivity index (χ1v) is 7.99. The van der Waals surface area contributed by atoms with E-state index in [4.69, 9.17) is 10.6 Å². The molecule has 3 rings (SSSR count). The lowest BCUT2D eigenvalue weighted by Crippen LogP contribution is -2.35. The molecular weight excluding hydrogens is 248 g/mol. The summed E-state index contributed by atoms with van der Waals surface area (Å²) in [6.45, 7) is 2.35. The summed E-state index contributed by atoms with van der Waals surface area (Å²) in [6, 6.07) is 8.73. The number of nitrogens with two attached hydrogens (primary N) is 1. The van der Waals surface area contributed by atoms with Crippen molar-refractivity contribution in [3.05, 3.63) is 29.8 Å². The number of nitrogens with one attached hydrogen (secondary N) is 1. The highest BCUT2D eigenvalue weighted by atomic mass is 16.5. The van der Waals surface area contributed by atoms with Gasteiger partial charge in [0.25, 0.3) is 0 Å². The zero-order valence-electron chi connectivity index (χ0n) is 12.3. The first-order valence-electron chi connectivity index (χ1n) is 7.99. The molecule has 1 aromatic carbocycles. The second-order valence-electron chi connectivity index (χ2n) is 6.55. The molecule has 0 saturated heterocycles. The third kappa shape index (κ3) is 3.33. The van der Waals surface area contributed by atoms with Gasteiger partial charge in [-0.05, 0) is 55.2 Å². The zero-order valence-corrected chi connectivity index (χ0v) is 12.3. The van der Waals surface area contributed by atoms with Gasteiger partial charge in [0.05, 0.1) is 6.10 Å². The third-order valence-corrected chi connectivity index (χ3v) is 4.76. The second-order valence-corrected chi connectivity index (χ2v) is 6.55. The fraction of sp³-hybridized carbons (Fsp3) is 0.647. The molecule has 0 spiro atoms. The highest BCUT2D eigenvalue weighted by Gasteiger charge is 2.27. The molecule has 0 amide bonds. The summed E-state index contributed by atoms with van der Waals surface area (Å²) in [4.78, 5) is 0. The number of ether oxygens (including phenoxy) is 1. The molecule has 1 unspecified atom stereocenters. The Bertz CT molecular complexity index is 436. The van der Waals surface area contributed by atoms with E-state index in [1.165, 1.54) is 44.1 Å². The van der Waals surface area contributed by atoms with Gasteiger partial charge in [-0.15, -0.1) is 0 Å². The molecule has 0 aliphatic heterocycles. The van der Waals surface area contributed by atoms with Gasteiger partial charge >= 0.3 is 0 Å². The van der Waals surface area contributed by atoms with Gasteiger partial charge in [-0.25, -0.2) is 0 Å². The SMILES string of the molecule is CC1CCC(C(NN)c2cccc(OC3CC3)c2)CC1. The lowest BCUT2D eigenvalue weighted by Gasteiger charge is -2.32. The van der Waals surface area contributed by atoms with Gasteiger partial charge < -0.3 is 4.74 Å². The van der Waals surface area contributed by atoms with E-state index in [0.717, 1.165) is 11.7 Å². The molecule has 3 nitrogen and oxygen atoms in total. The Balaban J connectivity index is 1.70. The molecule has 0 aromatic heterocycles. The van der Waals surface area contributed by atoms with E-state index in [-0.39, 0.29) is 6.04 Å². The van der Waals surface area contributed by atoms with E-state index in [9.17, 15) is 0 Å². The molecule has 0 heterocycles. The van der Waals surface area contributed by atoms with Crippen LogP contribution in [0.3, 0.4) is 0 Å². The molecule has 2 aliphatic carbocycles. The van der Waals surface area contributed by atoms with E-state index in [2.05, 4.69) is 36.6 Å². The molecule has 2 fully saturated rings. The number of hydrazine groups is 1. The minimum absolute atomic E-state index is 0.255. The lowest BCUT2D eigenvalue weighted by atomic mass is 9.77. The molecule has 1 aromatic rings. The van der Waals surface area contributed by atoms with E-state index < -0.39 is 0 Å². The zero-order chi connectivity index (χ0) is 13.9. The van der Waals surface area contributed by atoms with Gasteiger partial charge in [0.15, 0.2) is 0 Å². The molecule has 2 saturated carbocycles. The normalized spacial score (nSPS) is 28.1. The Labute approximate surface area is 121 Å². The van der Waals surface area contributed by atoms with Crippen LogP contribution in [0.1, 0.15) is 57.1 Å². The van der Waals surface area contributed by atoms with E-state index in [1.54, 1.807) is 0 Å². The molecule has 2 aliphatic rings. The van der Waals surface area contributed by atoms with Gasteiger partial charge in [0, 0.05) is 6.04 Å². The summed E-state index contributed by atoms with van der Waals surface area (Å²) in [6.07, 6.45) is 8.02. The highest BCUT2D eigenvalue weighted by Crippen LogP contribution is 2.37. The van der Waals surface area contributed by atoms with Gasteiger partial charge in [-0.1, -0.05) is 31.9 Å². The van der Waals surface area contributed by atoms with Crippen LogP contribution >= 0.6 is 0 Å². The predicted octanol–water partition coefficient (Wildman–Crippen LogP) is 3.56. The minimum atomic E-state index is 0.255. The van der Waals surface area contributed by atoms with Crippen LogP contribution < -0.4 is 16.0 Å². The number of hydrogen-bond donors (Lipinski definition) is 2. The smallest absolute Gasteiger partial charge is 0.120 e. The Hall–Kier alpha value is -1.06. The van der Waals surface area contributed by atoms with Crippen molar-refractivity contribution in [1.29, 1.82) is 0 Å². The number of rotatable bonds is 5. The van der Waals surface area contributed by atoms with Crippen LogP contribution in [0.15, 0.2) is 24.3 Å². The highest BCUT2D eigenvalue weighted by molar-refractivity contribution is 5.31. The van der Waals surface area contributed by atoms with E-state index >= 15 is 0 Å². The fourth-order valence-corrected chi connectivity index (χ4v) is 3.28. The fourth-order valence-electron chi connectivity index (χ4n) is 3.28. The monoisotopic (exact) mass is 274 g/mol. The molecule has 1 atom stereocenters. The van der Waals surface area contributed by atoms with Crippen molar-refractivity contribution in [1.82, 2.24) is 5.43 Å². The average Bonchev–Trinajstić information content (AvgIpc) is 3.26. The Morgan fingerprint density at radius 3 is 2.55 bits per heavy atom. The van der Waals surface area contributed by atoms with E-state index in [1.807, 2.05) is 0 Å². The largest absolute Gasteiger partial charge is 0.490 e. The molecule has 110 valence electrons. The average molecular weight is 274 g/mol. The lowest BCUT2D eigenvalue weighted by molar-refractivity contribution is 0.231. The maximum atomic E-state index is 5.90. The van der Waals surface area contributed by atoms with Crippen molar-refractivity contribution in [3.63, 3.8) is 0 Å². The number of benzene rings is 1. The molecule has 3 heteroatoms. The molecule has 0 bridgehead atoms. The van der Waals surface area contributed by atoms with Crippen LogP contribution in [0.25, 0.3) is 0 Å². The van der Waals surface area contributed by atoms with Crippen LogP contribution in [0, 0.1) is 11.8 Å². The summed E-state index contributed by atoms with van der Waals surface area (Å²) in [5.74, 6) is 8.35. The van der Waals surface area contributed by atoms with Crippen LogP contribution in [-0.4, -0.2) is 6.10 Å². The first kappa shape index (κ1) is 13.9. The summed E-state index contributed by atoms with van der Waals surface area (Å²) in [5, 5.41) is 0. The summed E-state index contributed by atoms with van der Waals surface area (Å²) in [7, 11) is 0. The topological polar surface area (TPSA) is 47.3 Å². The minimum Gasteiger partial charge on any atom is -0.490 e. The molecule has 0 radical (unpaired) electrons. The predicted molar refractivity (Wildman–Crippen MR) is 81.3 cm³/mol. The van der Waals surface area contributed by atoms with Crippen LogP contribution in [0.4, 0.5) is 0 Å². The maximum Gasteiger partial charge on any atom is 0.120 e. The van der Waals surface area contributed by atoms with Crippen molar-refractivity contribution in [2.45, 2.75) is 57.6 Å². The van der Waals surface area contributed by atoms with Gasteiger partial charge in [0.2, 0.25) is 0 Å². The van der Waals surface area contributed by atoms with Crippen molar-refractivity contribution < 1.29 is 4.74 Å². The maximum absolute atomic E-state index is 5.90. The standard InChI is InChI=1S/C17H26N2O/c1-12-5-7-13(8-6-12)17(19-18)14-3-2-4-16(11-14)20-15-9-10-15/h2-4,11-13,15,17,19H,5-10,18H2,1H3. The van der Waals surface area contributed by atoms with E-state index in [0.29, 0.717) is 12.0 Å². The third-order valence-electron chi connectivity index (χ3n) is 4.76. The van der Waals surface area contributed by atoms with Crippen molar-refractivity contribution in [3.8, 4) is 5.75 Å². The summed E-state index contributed by atoms with van der Waals surface area (Å²) >= 11 is 0. The van der Waals surface area contributed by atoms with Gasteiger partial charge in [-0.2, -0.15) is 0 Å². The second kappa shape index (κ2) is 6.15. The Morgan fingerprint density at radius 2 is 1.90 bits per heavy atom. The Kier molecular flexibility index (Phi) is 4.27. The van der Waals surface area contributed by atoms with Crippen LogP contribution in [-0.2, 0) is 0 Å². The summed E-state index contributed by atoms with van der Waals surface area (Å²) in [5.41, 5.74) is 4.31. The quantitative estimate of drug-likeness (QED) is 0.637. The first-order chi connectivity index (χ1) is 9.76. The van der Waals surface area contributed by atoms with Crippen LogP contribution in [0.5, 0.6) is 5.75 Å².